The second-order valence-electron chi connectivity index (χ2n) is 14.2. The first-order valence-electron chi connectivity index (χ1n) is 18.3. The summed E-state index contributed by atoms with van der Waals surface area (Å²) in [5.74, 6) is -0.321. The fourth-order valence-corrected chi connectivity index (χ4v) is 7.58. The van der Waals surface area contributed by atoms with E-state index in [0.717, 1.165) is 67.0 Å². The van der Waals surface area contributed by atoms with Crippen molar-refractivity contribution >= 4 is 51.2 Å². The van der Waals surface area contributed by atoms with Crippen molar-refractivity contribution in [3.63, 3.8) is 0 Å². The average molecular weight is 721 g/mol. The molecule has 3 aromatic carbocycles. The largest absolute Gasteiger partial charge is 0.493 e. The Morgan fingerprint density at radius 2 is 1.70 bits per heavy atom. The number of benzene rings is 3. The zero-order chi connectivity index (χ0) is 37.2. The van der Waals surface area contributed by atoms with Crippen molar-refractivity contribution < 1.29 is 18.7 Å². The van der Waals surface area contributed by atoms with Crippen LogP contribution in [0, 0.1) is 24.1 Å². The van der Waals surface area contributed by atoms with Gasteiger partial charge in [0, 0.05) is 88.6 Å². The van der Waals surface area contributed by atoms with Gasteiger partial charge in [-0.15, -0.1) is 0 Å². The van der Waals surface area contributed by atoms with Gasteiger partial charge in [-0.25, -0.2) is 4.39 Å². The number of aryl methyl sites for hydroxylation is 2. The monoisotopic (exact) mass is 720 g/mol. The Bertz CT molecular complexity index is 2160. The number of carbonyl (C=O) groups is 2. The van der Waals surface area contributed by atoms with E-state index in [-0.39, 0.29) is 29.6 Å². The van der Waals surface area contributed by atoms with Crippen LogP contribution in [0.3, 0.4) is 0 Å². The third-order valence-corrected chi connectivity index (χ3v) is 10.6. The highest BCUT2D eigenvalue weighted by molar-refractivity contribution is 6.01. The summed E-state index contributed by atoms with van der Waals surface area (Å²) in [6, 6.07) is 18.4. The van der Waals surface area contributed by atoms with Gasteiger partial charge in [-0.1, -0.05) is 0 Å². The molecule has 0 spiro atoms. The highest BCUT2D eigenvalue weighted by Gasteiger charge is 2.28. The summed E-state index contributed by atoms with van der Waals surface area (Å²) >= 11 is 0. The van der Waals surface area contributed by atoms with E-state index in [4.69, 9.17) is 4.74 Å². The van der Waals surface area contributed by atoms with Crippen molar-refractivity contribution in [2.45, 2.75) is 38.6 Å². The number of carbonyl (C=O) groups excluding carboxylic acids is 2. The molecule has 1 unspecified atom stereocenters. The van der Waals surface area contributed by atoms with Gasteiger partial charge in [0.15, 0.2) is 0 Å². The van der Waals surface area contributed by atoms with Crippen molar-refractivity contribution in [3.8, 4) is 11.8 Å². The smallest absolute Gasteiger partial charge is 0.253 e. The number of unbranched alkanes of at least 4 members (excludes halogenated alkanes) is 1. The standard InChI is InChI=1S/C40H45FN8O4/c1-26-20-30-35(46(3)40(26)52)23-29(24-36(30)49-18-13-45(2)34-9-6-27(25-42)21-37(34)49)53-19-5-4-12-47-14-16-48(17-15-47)33-10-7-28(22-31(33)41)43-32-8-11-38(50)44-39(32)51/h6-7,9-10,20-24,32,43H,4-5,8,11-19H2,1-3H3,(H,44,50,51). The number of imide groups is 1. The average Bonchev–Trinajstić information content (AvgIpc) is 3.15. The number of hydrogen-bond donors (Lipinski definition) is 2. The number of amides is 2. The van der Waals surface area contributed by atoms with Crippen molar-refractivity contribution in [3.05, 3.63) is 81.9 Å². The van der Waals surface area contributed by atoms with Gasteiger partial charge in [-0.3, -0.25) is 24.6 Å². The lowest BCUT2D eigenvalue weighted by Crippen LogP contribution is -2.47. The van der Waals surface area contributed by atoms with Crippen LogP contribution in [-0.4, -0.2) is 86.8 Å². The quantitative estimate of drug-likeness (QED) is 0.177. The van der Waals surface area contributed by atoms with Gasteiger partial charge < -0.3 is 29.3 Å². The minimum Gasteiger partial charge on any atom is -0.493 e. The summed E-state index contributed by atoms with van der Waals surface area (Å²) < 4.78 is 23.2. The summed E-state index contributed by atoms with van der Waals surface area (Å²) in [7, 11) is 3.85. The molecule has 2 saturated heterocycles. The highest BCUT2D eigenvalue weighted by Crippen LogP contribution is 2.42. The van der Waals surface area contributed by atoms with Gasteiger partial charge in [-0.05, 0) is 75.2 Å². The Hall–Kier alpha value is -5.61. The topological polar surface area (TPSA) is 126 Å². The molecule has 3 aliphatic heterocycles. The molecule has 0 aliphatic carbocycles. The van der Waals surface area contributed by atoms with Gasteiger partial charge in [0.1, 0.15) is 17.6 Å². The predicted molar refractivity (Wildman–Crippen MR) is 205 cm³/mol. The molecular weight excluding hydrogens is 675 g/mol. The molecule has 3 aliphatic rings. The second kappa shape index (κ2) is 15.2. The first kappa shape index (κ1) is 35.8. The second-order valence-corrected chi connectivity index (χ2v) is 14.2. The maximum atomic E-state index is 15.2. The Labute approximate surface area is 308 Å². The van der Waals surface area contributed by atoms with Crippen LogP contribution in [0.4, 0.5) is 32.8 Å². The molecule has 53 heavy (non-hydrogen) atoms. The van der Waals surface area contributed by atoms with E-state index in [9.17, 15) is 19.6 Å². The van der Waals surface area contributed by atoms with E-state index in [1.807, 2.05) is 37.3 Å². The Morgan fingerprint density at radius 3 is 2.45 bits per heavy atom. The van der Waals surface area contributed by atoms with Crippen LogP contribution in [0.15, 0.2) is 59.4 Å². The summed E-state index contributed by atoms with van der Waals surface area (Å²) in [6.45, 7) is 7.82. The molecule has 1 aromatic heterocycles. The fraction of sp³-hybridized carbons (Fsp3) is 0.400. The van der Waals surface area contributed by atoms with Crippen LogP contribution >= 0.6 is 0 Å². The molecule has 2 amide bonds. The maximum Gasteiger partial charge on any atom is 0.253 e. The molecule has 13 heteroatoms. The lowest BCUT2D eigenvalue weighted by molar-refractivity contribution is -0.133. The van der Waals surface area contributed by atoms with E-state index < -0.39 is 6.04 Å². The number of rotatable bonds is 10. The van der Waals surface area contributed by atoms with E-state index in [1.54, 1.807) is 23.7 Å². The first-order chi connectivity index (χ1) is 25.6. The molecule has 1 atom stereocenters. The molecule has 0 saturated carbocycles. The molecule has 276 valence electrons. The summed E-state index contributed by atoms with van der Waals surface area (Å²) in [5, 5.41) is 16.0. The van der Waals surface area contributed by atoms with Crippen LogP contribution in [-0.2, 0) is 16.6 Å². The Balaban J connectivity index is 0.954. The lowest BCUT2D eigenvalue weighted by Gasteiger charge is -2.38. The number of anilines is 5. The number of nitrogens with one attached hydrogen (secondary N) is 2. The van der Waals surface area contributed by atoms with Crippen LogP contribution in [0.25, 0.3) is 10.9 Å². The third-order valence-electron chi connectivity index (χ3n) is 10.6. The zero-order valence-electron chi connectivity index (χ0n) is 30.5. The van der Waals surface area contributed by atoms with Gasteiger partial charge >= 0.3 is 0 Å². The first-order valence-corrected chi connectivity index (χ1v) is 18.3. The van der Waals surface area contributed by atoms with Crippen LogP contribution < -0.4 is 35.6 Å². The van der Waals surface area contributed by atoms with Crippen LogP contribution in [0.5, 0.6) is 5.75 Å². The van der Waals surface area contributed by atoms with Crippen molar-refractivity contribution in [2.75, 3.05) is 79.5 Å². The fourth-order valence-electron chi connectivity index (χ4n) is 7.58. The number of halogens is 1. The molecule has 4 aromatic rings. The normalized spacial score (nSPS) is 17.8. The molecule has 0 bridgehead atoms. The van der Waals surface area contributed by atoms with Crippen LogP contribution in [0.1, 0.15) is 36.8 Å². The van der Waals surface area contributed by atoms with E-state index in [1.165, 1.54) is 6.07 Å². The summed E-state index contributed by atoms with van der Waals surface area (Å²) in [6.07, 6.45) is 2.43. The van der Waals surface area contributed by atoms with Gasteiger partial charge in [0.05, 0.1) is 46.5 Å². The molecule has 2 N–H and O–H groups in total. The molecular formula is C40H45FN8O4. The lowest BCUT2D eigenvalue weighted by atomic mass is 10.0. The number of piperidine rings is 1. The number of aromatic nitrogens is 1. The Kier molecular flexibility index (Phi) is 10.2. The number of nitriles is 1. The number of likely N-dealkylation sites (N-methyl/N-ethyl adjacent to an activating group) is 1. The van der Waals surface area contributed by atoms with E-state index in [2.05, 4.69) is 49.4 Å². The number of hydrogen-bond acceptors (Lipinski definition) is 10. The number of nitrogens with zero attached hydrogens (tertiary/aromatic N) is 6. The number of fused-ring (bicyclic) bond motifs is 2. The Morgan fingerprint density at radius 1 is 0.906 bits per heavy atom. The predicted octanol–water partition coefficient (Wildman–Crippen LogP) is 4.64. The van der Waals surface area contributed by atoms with E-state index in [0.29, 0.717) is 60.9 Å². The third kappa shape index (κ3) is 7.50. The minimum absolute atomic E-state index is 0.0483. The SMILES string of the molecule is Cc1cc2c(N3CCN(C)c4ccc(C#N)cc43)cc(OCCCCN3CCN(c4ccc(NC5CCC(=O)NC5=O)cc4F)CC3)cc2n(C)c1=O. The maximum absolute atomic E-state index is 15.2. The number of pyridine rings is 1. The molecule has 4 heterocycles. The molecule has 7 rings (SSSR count). The van der Waals surface area contributed by atoms with Gasteiger partial charge in [0.2, 0.25) is 11.8 Å². The van der Waals surface area contributed by atoms with E-state index >= 15 is 4.39 Å². The van der Waals surface area contributed by atoms with Crippen molar-refractivity contribution in [1.82, 2.24) is 14.8 Å². The molecule has 2 fully saturated rings. The van der Waals surface area contributed by atoms with Crippen molar-refractivity contribution in [1.29, 1.82) is 5.26 Å². The number of piperazine rings is 1. The minimum atomic E-state index is -0.559. The molecule has 12 nitrogen and oxygen atoms in total. The molecule has 0 radical (unpaired) electrons. The highest BCUT2D eigenvalue weighted by atomic mass is 19.1. The summed E-state index contributed by atoms with van der Waals surface area (Å²) in [4.78, 5) is 45.4. The van der Waals surface area contributed by atoms with Crippen molar-refractivity contribution in [2.24, 2.45) is 7.05 Å². The van der Waals surface area contributed by atoms with Gasteiger partial charge in [-0.2, -0.15) is 5.26 Å². The zero-order valence-corrected chi connectivity index (χ0v) is 30.5. The summed E-state index contributed by atoms with van der Waals surface area (Å²) in [5.41, 5.74) is 5.98. The van der Waals surface area contributed by atoms with Gasteiger partial charge in [0.25, 0.3) is 5.56 Å². The van der Waals surface area contributed by atoms with Crippen LogP contribution in [0.2, 0.25) is 0 Å². The number of ether oxygens (including phenoxy) is 1.